The van der Waals surface area contributed by atoms with Crippen molar-refractivity contribution in [2.45, 2.75) is 32.6 Å². The van der Waals surface area contributed by atoms with Crippen LogP contribution in [0.5, 0.6) is 0 Å². The fourth-order valence-corrected chi connectivity index (χ4v) is 2.50. The molecule has 4 N–H and O–H groups in total. The number of anilines is 2. The van der Waals surface area contributed by atoms with Gasteiger partial charge in [-0.05, 0) is 42.9 Å². The van der Waals surface area contributed by atoms with Crippen LogP contribution >= 0.6 is 0 Å². The molecular formula is C15H23N3O. The molecule has 19 heavy (non-hydrogen) atoms. The smallest absolute Gasteiger partial charge is 0.251 e. The van der Waals surface area contributed by atoms with Gasteiger partial charge in [-0.1, -0.05) is 13.3 Å². The first-order valence-electron chi connectivity index (χ1n) is 6.96. The predicted molar refractivity (Wildman–Crippen MR) is 79.3 cm³/mol. The van der Waals surface area contributed by atoms with Crippen LogP contribution in [0.3, 0.4) is 0 Å². The molecule has 4 nitrogen and oxygen atoms in total. The van der Waals surface area contributed by atoms with E-state index in [9.17, 15) is 4.79 Å². The Balaban J connectivity index is 2.05. The zero-order valence-corrected chi connectivity index (χ0v) is 11.8. The number of nitrogen functional groups attached to an aromatic ring is 1. The van der Waals surface area contributed by atoms with Gasteiger partial charge in [-0.2, -0.15) is 0 Å². The lowest BCUT2D eigenvalue weighted by Crippen LogP contribution is -2.19. The van der Waals surface area contributed by atoms with Crippen LogP contribution in [0.2, 0.25) is 0 Å². The molecule has 0 heterocycles. The van der Waals surface area contributed by atoms with E-state index in [1.54, 1.807) is 19.2 Å². The number of hydrogen-bond acceptors (Lipinski definition) is 3. The number of carbonyl (C=O) groups is 1. The minimum Gasteiger partial charge on any atom is -0.397 e. The number of nitrogens with one attached hydrogen (secondary N) is 2. The van der Waals surface area contributed by atoms with Gasteiger partial charge in [-0.3, -0.25) is 4.79 Å². The third-order valence-corrected chi connectivity index (χ3v) is 3.93. The van der Waals surface area contributed by atoms with Gasteiger partial charge in [0.1, 0.15) is 0 Å². The topological polar surface area (TPSA) is 67.2 Å². The molecule has 0 bridgehead atoms. The van der Waals surface area contributed by atoms with Gasteiger partial charge in [0.25, 0.3) is 5.91 Å². The van der Waals surface area contributed by atoms with Crippen molar-refractivity contribution in [1.82, 2.24) is 5.32 Å². The average Bonchev–Trinajstić information content (AvgIpc) is 3.17. The zero-order chi connectivity index (χ0) is 13.9. The summed E-state index contributed by atoms with van der Waals surface area (Å²) in [5, 5.41) is 6.04. The summed E-state index contributed by atoms with van der Waals surface area (Å²) in [4.78, 5) is 11.6. The van der Waals surface area contributed by atoms with Crippen molar-refractivity contribution in [3.05, 3.63) is 23.8 Å². The van der Waals surface area contributed by atoms with E-state index >= 15 is 0 Å². The number of amides is 1. The van der Waals surface area contributed by atoms with E-state index in [1.807, 2.05) is 6.07 Å². The molecule has 4 heteroatoms. The van der Waals surface area contributed by atoms with Gasteiger partial charge in [-0.25, -0.2) is 0 Å². The maximum absolute atomic E-state index is 11.6. The van der Waals surface area contributed by atoms with Crippen molar-refractivity contribution in [3.63, 3.8) is 0 Å². The van der Waals surface area contributed by atoms with E-state index in [-0.39, 0.29) is 5.91 Å². The second-order valence-corrected chi connectivity index (χ2v) is 5.48. The van der Waals surface area contributed by atoms with Crippen LogP contribution in [0.1, 0.15) is 43.0 Å². The van der Waals surface area contributed by atoms with Crippen molar-refractivity contribution < 1.29 is 4.79 Å². The van der Waals surface area contributed by atoms with Crippen molar-refractivity contribution in [2.75, 3.05) is 24.6 Å². The molecular weight excluding hydrogens is 238 g/mol. The second-order valence-electron chi connectivity index (χ2n) is 5.48. The van der Waals surface area contributed by atoms with Crippen molar-refractivity contribution in [2.24, 2.45) is 5.41 Å². The van der Waals surface area contributed by atoms with Gasteiger partial charge in [0.2, 0.25) is 0 Å². The standard InChI is InChI=1S/C15H23N3O/c1-3-6-15(7-8-15)10-18-13-9-11(14(19)17-2)4-5-12(13)16/h4-5,9,18H,3,6-8,10,16H2,1-2H3,(H,17,19). The fourth-order valence-electron chi connectivity index (χ4n) is 2.50. The first-order chi connectivity index (χ1) is 9.10. The van der Waals surface area contributed by atoms with Gasteiger partial charge in [0.05, 0.1) is 11.4 Å². The van der Waals surface area contributed by atoms with Crippen LogP contribution in [0, 0.1) is 5.41 Å². The van der Waals surface area contributed by atoms with E-state index < -0.39 is 0 Å². The number of nitrogens with two attached hydrogens (primary N) is 1. The van der Waals surface area contributed by atoms with Crippen LogP contribution in [-0.2, 0) is 0 Å². The van der Waals surface area contributed by atoms with Gasteiger partial charge < -0.3 is 16.4 Å². The Labute approximate surface area is 114 Å². The van der Waals surface area contributed by atoms with Crippen LogP contribution < -0.4 is 16.4 Å². The summed E-state index contributed by atoms with van der Waals surface area (Å²) in [5.41, 5.74) is 8.62. The average molecular weight is 261 g/mol. The largest absolute Gasteiger partial charge is 0.397 e. The molecule has 1 aliphatic rings. The van der Waals surface area contributed by atoms with Crippen molar-refractivity contribution in [1.29, 1.82) is 0 Å². The Morgan fingerprint density at radius 1 is 1.42 bits per heavy atom. The maximum Gasteiger partial charge on any atom is 0.251 e. The van der Waals surface area contributed by atoms with E-state index in [0.29, 0.717) is 16.7 Å². The molecule has 1 aromatic carbocycles. The Bertz CT molecular complexity index is 466. The van der Waals surface area contributed by atoms with Gasteiger partial charge >= 0.3 is 0 Å². The lowest BCUT2D eigenvalue weighted by Gasteiger charge is -2.17. The maximum atomic E-state index is 11.6. The molecule has 0 radical (unpaired) electrons. The zero-order valence-electron chi connectivity index (χ0n) is 11.8. The quantitative estimate of drug-likeness (QED) is 0.690. The number of benzene rings is 1. The normalized spacial score (nSPS) is 15.9. The number of hydrogen-bond donors (Lipinski definition) is 3. The number of rotatable bonds is 6. The summed E-state index contributed by atoms with van der Waals surface area (Å²) in [7, 11) is 1.63. The molecule has 1 saturated carbocycles. The highest BCUT2D eigenvalue weighted by Crippen LogP contribution is 2.49. The third kappa shape index (κ3) is 3.19. The van der Waals surface area contributed by atoms with Crippen molar-refractivity contribution >= 4 is 17.3 Å². The van der Waals surface area contributed by atoms with Crippen LogP contribution in [0.4, 0.5) is 11.4 Å². The molecule has 1 fully saturated rings. The summed E-state index contributed by atoms with van der Waals surface area (Å²) >= 11 is 0. The summed E-state index contributed by atoms with van der Waals surface area (Å²) in [6, 6.07) is 5.36. The van der Waals surface area contributed by atoms with E-state index in [0.717, 1.165) is 12.2 Å². The Kier molecular flexibility index (Phi) is 3.98. The molecule has 104 valence electrons. The highest BCUT2D eigenvalue weighted by molar-refractivity contribution is 5.96. The Morgan fingerprint density at radius 3 is 2.74 bits per heavy atom. The summed E-state index contributed by atoms with van der Waals surface area (Å²) in [5.74, 6) is -0.0854. The molecule has 0 spiro atoms. The van der Waals surface area contributed by atoms with Crippen LogP contribution in [0.15, 0.2) is 18.2 Å². The molecule has 2 rings (SSSR count). The number of carbonyl (C=O) groups excluding carboxylic acids is 1. The Morgan fingerprint density at radius 2 is 2.16 bits per heavy atom. The molecule has 0 unspecified atom stereocenters. The molecule has 0 aliphatic heterocycles. The lowest BCUT2D eigenvalue weighted by atomic mass is 10.0. The van der Waals surface area contributed by atoms with Crippen LogP contribution in [-0.4, -0.2) is 19.5 Å². The first-order valence-corrected chi connectivity index (χ1v) is 6.96. The highest BCUT2D eigenvalue weighted by Gasteiger charge is 2.41. The molecule has 1 aliphatic carbocycles. The van der Waals surface area contributed by atoms with Crippen LogP contribution in [0.25, 0.3) is 0 Å². The SMILES string of the molecule is CCCC1(CNc2cc(C(=O)NC)ccc2N)CC1. The summed E-state index contributed by atoms with van der Waals surface area (Å²) in [6.07, 6.45) is 5.07. The third-order valence-electron chi connectivity index (χ3n) is 3.93. The van der Waals surface area contributed by atoms with Gasteiger partial charge in [0.15, 0.2) is 0 Å². The second kappa shape index (κ2) is 5.51. The minimum absolute atomic E-state index is 0.0854. The fraction of sp³-hybridized carbons (Fsp3) is 0.533. The monoisotopic (exact) mass is 261 g/mol. The van der Waals surface area contributed by atoms with E-state index in [4.69, 9.17) is 5.73 Å². The summed E-state index contributed by atoms with van der Waals surface area (Å²) < 4.78 is 0. The highest BCUT2D eigenvalue weighted by atomic mass is 16.1. The lowest BCUT2D eigenvalue weighted by molar-refractivity contribution is 0.0963. The molecule has 0 atom stereocenters. The van der Waals surface area contributed by atoms with Gasteiger partial charge in [-0.15, -0.1) is 0 Å². The van der Waals surface area contributed by atoms with E-state index in [2.05, 4.69) is 17.6 Å². The molecule has 1 amide bonds. The molecule has 0 saturated heterocycles. The predicted octanol–water partition coefficient (Wildman–Crippen LogP) is 2.62. The minimum atomic E-state index is -0.0854. The van der Waals surface area contributed by atoms with E-state index in [1.165, 1.54) is 25.7 Å². The molecule has 1 aromatic rings. The first kappa shape index (κ1) is 13.7. The Hall–Kier alpha value is -1.71. The summed E-state index contributed by atoms with van der Waals surface area (Å²) in [6.45, 7) is 3.17. The van der Waals surface area contributed by atoms with Gasteiger partial charge in [0, 0.05) is 19.2 Å². The molecule has 0 aromatic heterocycles. The van der Waals surface area contributed by atoms with Crippen molar-refractivity contribution in [3.8, 4) is 0 Å².